The van der Waals surface area contributed by atoms with Crippen LogP contribution in [0.15, 0.2) is 0 Å². The first-order valence-electron chi connectivity index (χ1n) is 6.19. The van der Waals surface area contributed by atoms with Gasteiger partial charge in [-0.2, -0.15) is 0 Å². The van der Waals surface area contributed by atoms with Gasteiger partial charge in [-0.05, 0) is 13.3 Å². The second kappa shape index (κ2) is 7.63. The molecule has 1 aromatic rings. The molecule has 17 heavy (non-hydrogen) atoms. The van der Waals surface area contributed by atoms with Crippen LogP contribution in [-0.2, 0) is 17.9 Å². The normalized spacial score (nSPS) is 10.8. The number of methoxy groups -OCH3 is 1. The molecule has 0 aliphatic heterocycles. The van der Waals surface area contributed by atoms with Crippen LogP contribution < -0.4 is 10.6 Å². The van der Waals surface area contributed by atoms with E-state index in [2.05, 4.69) is 23.7 Å². The lowest BCUT2D eigenvalue weighted by Crippen LogP contribution is -2.23. The van der Waals surface area contributed by atoms with Crippen molar-refractivity contribution in [2.24, 2.45) is 5.73 Å². The summed E-state index contributed by atoms with van der Waals surface area (Å²) in [5, 5.41) is 1.08. The molecule has 0 amide bonds. The third-order valence-corrected chi connectivity index (χ3v) is 3.85. The highest BCUT2D eigenvalue weighted by atomic mass is 32.1. The minimum Gasteiger partial charge on any atom is -0.378 e. The van der Waals surface area contributed by atoms with E-state index in [-0.39, 0.29) is 0 Å². The summed E-state index contributed by atoms with van der Waals surface area (Å²) in [5.41, 5.74) is 6.72. The monoisotopic (exact) mass is 257 g/mol. The van der Waals surface area contributed by atoms with Crippen molar-refractivity contribution in [3.8, 4) is 0 Å². The second-order valence-electron chi connectivity index (χ2n) is 3.94. The Morgan fingerprint density at radius 3 is 2.71 bits per heavy atom. The number of rotatable bonds is 8. The molecule has 2 N–H and O–H groups in total. The molecule has 0 radical (unpaired) electrons. The van der Waals surface area contributed by atoms with Gasteiger partial charge in [-0.1, -0.05) is 13.3 Å². The zero-order valence-corrected chi connectivity index (χ0v) is 11.8. The summed E-state index contributed by atoms with van der Waals surface area (Å²) in [6, 6.07) is 0. The molecule has 1 rings (SSSR count). The maximum absolute atomic E-state index is 5.73. The molecule has 0 bridgehead atoms. The molecule has 0 atom stereocenters. The first-order chi connectivity index (χ1) is 8.26. The fourth-order valence-corrected chi connectivity index (χ4v) is 2.68. The largest absolute Gasteiger partial charge is 0.378 e. The molecule has 0 saturated heterocycles. The molecule has 0 aromatic carbocycles. The molecule has 1 aromatic heterocycles. The second-order valence-corrected chi connectivity index (χ2v) is 5.00. The minimum atomic E-state index is 0.543. The summed E-state index contributed by atoms with van der Waals surface area (Å²) in [5.74, 6) is 0. The van der Waals surface area contributed by atoms with Crippen molar-refractivity contribution < 1.29 is 4.74 Å². The predicted octanol–water partition coefficient (Wildman–Crippen LogP) is 2.37. The third-order valence-electron chi connectivity index (χ3n) is 2.67. The Kier molecular flexibility index (Phi) is 6.47. The van der Waals surface area contributed by atoms with Crippen LogP contribution in [0.4, 0.5) is 5.13 Å². The Morgan fingerprint density at radius 1 is 1.41 bits per heavy atom. The number of nitrogens with zero attached hydrogens (tertiary/aromatic N) is 2. The average molecular weight is 257 g/mol. The number of hydrogen-bond donors (Lipinski definition) is 1. The number of ether oxygens (including phenoxy) is 1. The molecular weight excluding hydrogens is 234 g/mol. The van der Waals surface area contributed by atoms with Crippen LogP contribution in [0.2, 0.25) is 0 Å². The summed E-state index contributed by atoms with van der Waals surface area (Å²) in [6.45, 7) is 7.52. The van der Waals surface area contributed by atoms with Crippen molar-refractivity contribution in [2.45, 2.75) is 39.8 Å². The summed E-state index contributed by atoms with van der Waals surface area (Å²) in [7, 11) is 1.69. The van der Waals surface area contributed by atoms with Gasteiger partial charge in [-0.15, -0.1) is 11.3 Å². The lowest BCUT2D eigenvalue weighted by atomic mass is 10.3. The smallest absolute Gasteiger partial charge is 0.185 e. The van der Waals surface area contributed by atoms with E-state index in [1.54, 1.807) is 18.4 Å². The van der Waals surface area contributed by atoms with Crippen LogP contribution in [0.1, 0.15) is 37.3 Å². The SMILES string of the molecule is CCCCN(CC)c1nc(COC)c(CN)s1. The topological polar surface area (TPSA) is 51.4 Å². The van der Waals surface area contributed by atoms with E-state index >= 15 is 0 Å². The summed E-state index contributed by atoms with van der Waals surface area (Å²) < 4.78 is 5.15. The van der Waals surface area contributed by atoms with Crippen LogP contribution in [0.25, 0.3) is 0 Å². The number of hydrogen-bond acceptors (Lipinski definition) is 5. The van der Waals surface area contributed by atoms with Crippen molar-refractivity contribution in [3.63, 3.8) is 0 Å². The molecular formula is C12H23N3OS. The number of thiazole rings is 1. The van der Waals surface area contributed by atoms with Gasteiger partial charge in [-0.3, -0.25) is 0 Å². The van der Waals surface area contributed by atoms with Gasteiger partial charge >= 0.3 is 0 Å². The Labute approximate surface area is 108 Å². The van der Waals surface area contributed by atoms with Crippen molar-refractivity contribution in [1.82, 2.24) is 4.98 Å². The van der Waals surface area contributed by atoms with Gasteiger partial charge < -0.3 is 15.4 Å². The molecule has 98 valence electrons. The molecule has 0 aliphatic rings. The van der Waals surface area contributed by atoms with Gasteiger partial charge in [-0.25, -0.2) is 4.98 Å². The molecule has 0 aliphatic carbocycles. The molecule has 1 heterocycles. The van der Waals surface area contributed by atoms with Crippen molar-refractivity contribution in [2.75, 3.05) is 25.1 Å². The first-order valence-corrected chi connectivity index (χ1v) is 7.00. The van der Waals surface area contributed by atoms with Gasteiger partial charge in [0.2, 0.25) is 0 Å². The summed E-state index contributed by atoms with van der Waals surface area (Å²) in [6.07, 6.45) is 2.40. The Morgan fingerprint density at radius 2 is 2.18 bits per heavy atom. The van der Waals surface area contributed by atoms with E-state index in [1.807, 2.05) is 0 Å². The highest BCUT2D eigenvalue weighted by Gasteiger charge is 2.13. The van der Waals surface area contributed by atoms with E-state index in [0.717, 1.165) is 28.8 Å². The Balaban J connectivity index is 2.80. The van der Waals surface area contributed by atoms with Gasteiger partial charge in [0.05, 0.1) is 12.3 Å². The van der Waals surface area contributed by atoms with Gasteiger partial charge in [0.15, 0.2) is 5.13 Å². The molecule has 0 fully saturated rings. The van der Waals surface area contributed by atoms with Crippen LogP contribution in [-0.4, -0.2) is 25.2 Å². The molecule has 4 nitrogen and oxygen atoms in total. The lowest BCUT2D eigenvalue weighted by molar-refractivity contribution is 0.181. The van der Waals surface area contributed by atoms with Crippen molar-refractivity contribution >= 4 is 16.5 Å². The van der Waals surface area contributed by atoms with Crippen LogP contribution in [0.3, 0.4) is 0 Å². The number of anilines is 1. The van der Waals surface area contributed by atoms with E-state index in [4.69, 9.17) is 10.5 Å². The maximum Gasteiger partial charge on any atom is 0.185 e. The lowest BCUT2D eigenvalue weighted by Gasteiger charge is -2.19. The van der Waals surface area contributed by atoms with E-state index in [9.17, 15) is 0 Å². The standard InChI is InChI=1S/C12H23N3OS/c1-4-6-7-15(5-2)12-14-10(9-16-3)11(8-13)17-12/h4-9,13H2,1-3H3. The fraction of sp³-hybridized carbons (Fsp3) is 0.750. The number of nitrogens with two attached hydrogens (primary N) is 1. The van der Waals surface area contributed by atoms with Crippen LogP contribution in [0, 0.1) is 0 Å². The Bertz CT molecular complexity index is 328. The van der Waals surface area contributed by atoms with E-state index < -0.39 is 0 Å². The van der Waals surface area contributed by atoms with E-state index in [1.165, 1.54) is 12.8 Å². The highest BCUT2D eigenvalue weighted by Crippen LogP contribution is 2.26. The van der Waals surface area contributed by atoms with Crippen LogP contribution in [0.5, 0.6) is 0 Å². The quantitative estimate of drug-likeness (QED) is 0.777. The number of unbranched alkanes of at least 4 members (excludes halogenated alkanes) is 1. The van der Waals surface area contributed by atoms with Gasteiger partial charge in [0.25, 0.3) is 0 Å². The predicted molar refractivity (Wildman–Crippen MR) is 73.5 cm³/mol. The maximum atomic E-state index is 5.73. The average Bonchev–Trinajstić information content (AvgIpc) is 2.74. The van der Waals surface area contributed by atoms with Crippen molar-refractivity contribution in [1.29, 1.82) is 0 Å². The summed E-state index contributed by atoms with van der Waals surface area (Å²) >= 11 is 1.69. The third kappa shape index (κ3) is 3.94. The molecule has 5 heteroatoms. The number of aromatic nitrogens is 1. The molecule has 0 spiro atoms. The minimum absolute atomic E-state index is 0.543. The summed E-state index contributed by atoms with van der Waals surface area (Å²) in [4.78, 5) is 8.08. The van der Waals surface area contributed by atoms with Gasteiger partial charge in [0.1, 0.15) is 0 Å². The zero-order valence-electron chi connectivity index (χ0n) is 11.0. The molecule has 0 saturated carbocycles. The Hall–Kier alpha value is -0.650. The van der Waals surface area contributed by atoms with Crippen molar-refractivity contribution in [3.05, 3.63) is 10.6 Å². The highest BCUT2D eigenvalue weighted by molar-refractivity contribution is 7.15. The molecule has 0 unspecified atom stereocenters. The first kappa shape index (κ1) is 14.4. The van der Waals surface area contributed by atoms with Crippen LogP contribution >= 0.6 is 11.3 Å². The van der Waals surface area contributed by atoms with Gasteiger partial charge in [0, 0.05) is 31.6 Å². The zero-order chi connectivity index (χ0) is 12.7. The van der Waals surface area contributed by atoms with E-state index in [0.29, 0.717) is 13.2 Å². The fourth-order valence-electron chi connectivity index (χ4n) is 1.65.